The van der Waals surface area contributed by atoms with E-state index in [4.69, 9.17) is 5.11 Å². The summed E-state index contributed by atoms with van der Waals surface area (Å²) < 4.78 is 25.6. The van der Waals surface area contributed by atoms with Crippen molar-refractivity contribution < 1.29 is 18.7 Å². The Morgan fingerprint density at radius 1 is 1.47 bits per heavy atom. The average Bonchev–Trinajstić information content (AvgIpc) is 2.15. The summed E-state index contributed by atoms with van der Waals surface area (Å²) in [6, 6.07) is 3.14. The second-order valence-electron chi connectivity index (χ2n) is 2.77. The van der Waals surface area contributed by atoms with E-state index in [2.05, 4.69) is 6.58 Å². The van der Waals surface area contributed by atoms with Gasteiger partial charge in [-0.05, 0) is 12.1 Å². The predicted molar refractivity (Wildman–Crippen MR) is 53.9 cm³/mol. The number of hydrogen-bond donors (Lipinski definition) is 1. The molecule has 1 aromatic rings. The minimum atomic E-state index is -1.12. The molecule has 0 unspecified atom stereocenters. The zero-order valence-electron chi connectivity index (χ0n) is 7.67. The van der Waals surface area contributed by atoms with Crippen LogP contribution in [0.15, 0.2) is 35.2 Å². The minimum absolute atomic E-state index is 0.0243. The van der Waals surface area contributed by atoms with Gasteiger partial charge in [-0.15, -0.1) is 11.8 Å². The van der Waals surface area contributed by atoms with Gasteiger partial charge in [-0.25, -0.2) is 13.6 Å². The van der Waals surface area contributed by atoms with Gasteiger partial charge in [0.15, 0.2) is 0 Å². The number of carboxylic acids is 1. The second kappa shape index (κ2) is 4.93. The first kappa shape index (κ1) is 11.7. The number of carbonyl (C=O) groups is 1. The van der Waals surface area contributed by atoms with E-state index >= 15 is 0 Å². The van der Waals surface area contributed by atoms with E-state index in [9.17, 15) is 13.6 Å². The Morgan fingerprint density at radius 3 is 2.67 bits per heavy atom. The summed E-state index contributed by atoms with van der Waals surface area (Å²) >= 11 is 0.970. The number of halogens is 2. The molecule has 1 rings (SSSR count). The van der Waals surface area contributed by atoms with Crippen LogP contribution in [0, 0.1) is 11.6 Å². The maximum Gasteiger partial charge on any atom is 0.331 e. The number of benzene rings is 1. The molecule has 0 bridgehead atoms. The monoisotopic (exact) mass is 230 g/mol. The lowest BCUT2D eigenvalue weighted by Gasteiger charge is -2.02. The van der Waals surface area contributed by atoms with Crippen molar-refractivity contribution >= 4 is 17.7 Å². The number of aliphatic carboxylic acids is 1. The summed E-state index contributed by atoms with van der Waals surface area (Å²) in [5.74, 6) is -2.41. The summed E-state index contributed by atoms with van der Waals surface area (Å²) in [7, 11) is 0. The fraction of sp³-hybridized carbons (Fsp3) is 0.100. The molecule has 0 aromatic heterocycles. The molecule has 80 valence electrons. The van der Waals surface area contributed by atoms with Crippen molar-refractivity contribution in [3.8, 4) is 0 Å². The largest absolute Gasteiger partial charge is 0.478 e. The molecule has 0 aliphatic rings. The molecular weight excluding hydrogens is 222 g/mol. The van der Waals surface area contributed by atoms with Gasteiger partial charge >= 0.3 is 5.97 Å². The van der Waals surface area contributed by atoms with Crippen molar-refractivity contribution in [2.45, 2.75) is 4.90 Å². The fourth-order valence-electron chi connectivity index (χ4n) is 0.819. The van der Waals surface area contributed by atoms with Gasteiger partial charge in [-0.3, -0.25) is 0 Å². The van der Waals surface area contributed by atoms with Gasteiger partial charge in [0.2, 0.25) is 0 Å². The van der Waals surface area contributed by atoms with E-state index in [0.29, 0.717) is 0 Å². The highest BCUT2D eigenvalue weighted by Crippen LogP contribution is 2.23. The third kappa shape index (κ3) is 3.36. The van der Waals surface area contributed by atoms with Crippen LogP contribution in [0.25, 0.3) is 0 Å². The van der Waals surface area contributed by atoms with Crippen LogP contribution in [0.5, 0.6) is 0 Å². The molecule has 15 heavy (non-hydrogen) atoms. The number of thioether (sulfide) groups is 1. The Kier molecular flexibility index (Phi) is 3.85. The summed E-state index contributed by atoms with van der Waals surface area (Å²) in [5.41, 5.74) is -0.0243. The average molecular weight is 230 g/mol. The van der Waals surface area contributed by atoms with Crippen LogP contribution in [0.3, 0.4) is 0 Å². The maximum absolute atomic E-state index is 13.1. The van der Waals surface area contributed by atoms with Gasteiger partial charge in [0.25, 0.3) is 0 Å². The molecule has 0 amide bonds. The molecule has 0 aliphatic carbocycles. The standard InChI is InChI=1S/C10H8F2O2S/c1-6(10(13)14)5-15-9-3-2-7(11)4-8(9)12/h2-4H,1,5H2,(H,13,14). The van der Waals surface area contributed by atoms with Crippen LogP contribution in [0.4, 0.5) is 8.78 Å². The Labute approximate surface area is 89.6 Å². The zero-order valence-corrected chi connectivity index (χ0v) is 8.48. The van der Waals surface area contributed by atoms with Gasteiger partial charge in [0.1, 0.15) is 11.6 Å². The molecular formula is C10H8F2O2S. The molecule has 0 radical (unpaired) electrons. The predicted octanol–water partition coefficient (Wildman–Crippen LogP) is 2.70. The smallest absolute Gasteiger partial charge is 0.331 e. The second-order valence-corrected chi connectivity index (χ2v) is 3.79. The van der Waals surface area contributed by atoms with Crippen LogP contribution in [0.2, 0.25) is 0 Å². The summed E-state index contributed by atoms with van der Waals surface area (Å²) in [5, 5.41) is 8.51. The van der Waals surface area contributed by atoms with Crippen molar-refractivity contribution in [3.05, 3.63) is 42.0 Å². The first-order chi connectivity index (χ1) is 7.00. The van der Waals surface area contributed by atoms with Crippen molar-refractivity contribution in [2.24, 2.45) is 0 Å². The summed E-state index contributed by atoms with van der Waals surface area (Å²) in [6.07, 6.45) is 0. The highest BCUT2D eigenvalue weighted by atomic mass is 32.2. The van der Waals surface area contributed by atoms with E-state index < -0.39 is 17.6 Å². The lowest BCUT2D eigenvalue weighted by molar-refractivity contribution is -0.132. The molecule has 1 N–H and O–H groups in total. The van der Waals surface area contributed by atoms with Gasteiger partial charge in [-0.1, -0.05) is 6.58 Å². The van der Waals surface area contributed by atoms with Crippen molar-refractivity contribution in [1.82, 2.24) is 0 Å². The van der Waals surface area contributed by atoms with Gasteiger partial charge in [0.05, 0.1) is 0 Å². The Balaban J connectivity index is 2.66. The van der Waals surface area contributed by atoms with Gasteiger partial charge < -0.3 is 5.11 Å². The summed E-state index contributed by atoms with van der Waals surface area (Å²) in [6.45, 7) is 3.30. The molecule has 0 fully saturated rings. The van der Waals surface area contributed by atoms with Gasteiger partial charge in [0, 0.05) is 22.3 Å². The lowest BCUT2D eigenvalue weighted by Crippen LogP contribution is -2.01. The Hall–Kier alpha value is -1.36. The highest BCUT2D eigenvalue weighted by molar-refractivity contribution is 7.99. The Bertz CT molecular complexity index is 404. The number of rotatable bonds is 4. The molecule has 0 heterocycles. The van der Waals surface area contributed by atoms with Crippen molar-refractivity contribution in [2.75, 3.05) is 5.75 Å². The van der Waals surface area contributed by atoms with Crippen LogP contribution in [-0.2, 0) is 4.79 Å². The molecule has 2 nitrogen and oxygen atoms in total. The van der Waals surface area contributed by atoms with E-state index in [1.165, 1.54) is 6.07 Å². The quantitative estimate of drug-likeness (QED) is 0.638. The molecule has 1 aromatic carbocycles. The molecule has 5 heteroatoms. The van der Waals surface area contributed by atoms with E-state index in [1.54, 1.807) is 0 Å². The maximum atomic E-state index is 13.1. The van der Waals surface area contributed by atoms with Crippen LogP contribution in [0.1, 0.15) is 0 Å². The normalized spacial score (nSPS) is 10.0. The fourth-order valence-corrected chi connectivity index (χ4v) is 1.63. The molecule has 0 spiro atoms. The third-order valence-electron chi connectivity index (χ3n) is 1.60. The first-order valence-electron chi connectivity index (χ1n) is 3.99. The Morgan fingerprint density at radius 2 is 2.13 bits per heavy atom. The van der Waals surface area contributed by atoms with Crippen LogP contribution < -0.4 is 0 Å². The number of carboxylic acid groups (broad SMARTS) is 1. The van der Waals surface area contributed by atoms with Crippen molar-refractivity contribution in [3.63, 3.8) is 0 Å². The van der Waals surface area contributed by atoms with Gasteiger partial charge in [-0.2, -0.15) is 0 Å². The highest BCUT2D eigenvalue weighted by Gasteiger charge is 2.08. The van der Waals surface area contributed by atoms with Crippen molar-refractivity contribution in [1.29, 1.82) is 0 Å². The molecule has 0 saturated carbocycles. The number of hydrogen-bond acceptors (Lipinski definition) is 2. The molecule has 0 saturated heterocycles. The molecule has 0 atom stereocenters. The third-order valence-corrected chi connectivity index (χ3v) is 2.73. The minimum Gasteiger partial charge on any atom is -0.478 e. The SMILES string of the molecule is C=C(CSc1ccc(F)cc1F)C(=O)O. The first-order valence-corrected chi connectivity index (χ1v) is 4.98. The zero-order chi connectivity index (χ0) is 11.4. The summed E-state index contributed by atoms with van der Waals surface area (Å²) in [4.78, 5) is 10.6. The van der Waals surface area contributed by atoms with E-state index in [1.807, 2.05) is 0 Å². The topological polar surface area (TPSA) is 37.3 Å². The van der Waals surface area contributed by atoms with E-state index in [0.717, 1.165) is 23.9 Å². The van der Waals surface area contributed by atoms with Crippen LogP contribution in [-0.4, -0.2) is 16.8 Å². The lowest BCUT2D eigenvalue weighted by atomic mass is 10.3. The van der Waals surface area contributed by atoms with E-state index in [-0.39, 0.29) is 16.2 Å². The molecule has 0 aliphatic heterocycles. The van der Waals surface area contributed by atoms with Crippen LogP contribution >= 0.6 is 11.8 Å².